The molecule has 4 rings (SSSR count). The predicted octanol–water partition coefficient (Wildman–Crippen LogP) is 5.65. The highest BCUT2D eigenvalue weighted by Crippen LogP contribution is 2.26. The number of ether oxygens (including phenoxy) is 2. The van der Waals surface area contributed by atoms with Crippen LogP contribution in [0.4, 0.5) is 0 Å². The van der Waals surface area contributed by atoms with Crippen LogP contribution in [0.2, 0.25) is 0 Å². The van der Waals surface area contributed by atoms with E-state index >= 15 is 0 Å². The Hall–Kier alpha value is -3.52. The molecule has 4 aromatic rings. The molecule has 2 heterocycles. The van der Waals surface area contributed by atoms with Gasteiger partial charge in [0.2, 0.25) is 5.88 Å². The molecular formula is C27H27BrN4O3. The standard InChI is InChI=1S/C27H27BrN4O3/c1-17-9-10-19(21-11-12-29-26(31-21)27(2,3)4)14-22(17)32-16-30-24(23(28)25(32)33)35-15-18-7-6-8-20(13-18)34-5/h6-14,16H,15H2,1-5H3. The number of aromatic nitrogens is 4. The van der Waals surface area contributed by atoms with Gasteiger partial charge < -0.3 is 9.47 Å². The number of aryl methyl sites for hydroxylation is 1. The highest BCUT2D eigenvalue weighted by Gasteiger charge is 2.18. The molecule has 0 N–H and O–H groups in total. The van der Waals surface area contributed by atoms with Crippen molar-refractivity contribution >= 4 is 15.9 Å². The van der Waals surface area contributed by atoms with Crippen LogP contribution < -0.4 is 15.0 Å². The Balaban J connectivity index is 1.65. The summed E-state index contributed by atoms with van der Waals surface area (Å²) in [5.74, 6) is 1.73. The molecule has 0 bridgehead atoms. The first-order valence-corrected chi connectivity index (χ1v) is 11.9. The molecular weight excluding hydrogens is 508 g/mol. The van der Waals surface area contributed by atoms with Gasteiger partial charge in [-0.2, -0.15) is 0 Å². The van der Waals surface area contributed by atoms with Crippen molar-refractivity contribution in [3.8, 4) is 28.6 Å². The first-order chi connectivity index (χ1) is 16.7. The summed E-state index contributed by atoms with van der Waals surface area (Å²) in [6.07, 6.45) is 3.25. The number of hydrogen-bond acceptors (Lipinski definition) is 6. The van der Waals surface area contributed by atoms with E-state index in [1.165, 1.54) is 10.9 Å². The molecule has 35 heavy (non-hydrogen) atoms. The largest absolute Gasteiger partial charge is 0.497 e. The number of halogens is 1. The van der Waals surface area contributed by atoms with Crippen LogP contribution in [-0.4, -0.2) is 26.6 Å². The van der Waals surface area contributed by atoms with Crippen molar-refractivity contribution in [3.63, 3.8) is 0 Å². The molecule has 2 aromatic carbocycles. The van der Waals surface area contributed by atoms with Gasteiger partial charge in [-0.05, 0) is 58.2 Å². The van der Waals surface area contributed by atoms with E-state index in [2.05, 4.69) is 46.7 Å². The van der Waals surface area contributed by atoms with Crippen LogP contribution in [0.25, 0.3) is 16.9 Å². The van der Waals surface area contributed by atoms with Gasteiger partial charge in [-0.15, -0.1) is 0 Å². The van der Waals surface area contributed by atoms with Crippen molar-refractivity contribution in [2.45, 2.75) is 39.7 Å². The second-order valence-corrected chi connectivity index (χ2v) is 9.99. The Morgan fingerprint density at radius 3 is 2.60 bits per heavy atom. The second kappa shape index (κ2) is 10.00. The fourth-order valence-electron chi connectivity index (χ4n) is 3.51. The van der Waals surface area contributed by atoms with Gasteiger partial charge in [0, 0.05) is 17.2 Å². The number of rotatable bonds is 6. The lowest BCUT2D eigenvalue weighted by Crippen LogP contribution is -2.21. The van der Waals surface area contributed by atoms with E-state index in [0.717, 1.165) is 39.6 Å². The molecule has 8 heteroatoms. The van der Waals surface area contributed by atoms with Crippen LogP contribution in [0.5, 0.6) is 11.6 Å². The lowest BCUT2D eigenvalue weighted by Gasteiger charge is -2.17. The van der Waals surface area contributed by atoms with Gasteiger partial charge in [-0.25, -0.2) is 15.0 Å². The molecule has 0 amide bonds. The van der Waals surface area contributed by atoms with Gasteiger partial charge in [-0.1, -0.05) is 45.0 Å². The van der Waals surface area contributed by atoms with E-state index in [0.29, 0.717) is 0 Å². The molecule has 180 valence electrons. The molecule has 0 saturated carbocycles. The van der Waals surface area contributed by atoms with Gasteiger partial charge in [-0.3, -0.25) is 9.36 Å². The van der Waals surface area contributed by atoms with Crippen LogP contribution in [0.3, 0.4) is 0 Å². The summed E-state index contributed by atoms with van der Waals surface area (Å²) in [6.45, 7) is 8.44. The molecule has 0 aliphatic heterocycles. The van der Waals surface area contributed by atoms with E-state index in [-0.39, 0.29) is 27.9 Å². The Morgan fingerprint density at radius 1 is 1.06 bits per heavy atom. The number of methoxy groups -OCH3 is 1. The molecule has 0 atom stereocenters. The zero-order chi connectivity index (χ0) is 25.2. The summed E-state index contributed by atoms with van der Waals surface area (Å²) in [6, 6.07) is 15.3. The summed E-state index contributed by atoms with van der Waals surface area (Å²) in [4.78, 5) is 26.8. The highest BCUT2D eigenvalue weighted by molar-refractivity contribution is 9.10. The van der Waals surface area contributed by atoms with Crippen LogP contribution in [0.15, 0.2) is 70.3 Å². The third-order valence-corrected chi connectivity index (χ3v) is 6.16. The fraction of sp³-hybridized carbons (Fsp3) is 0.259. The fourth-order valence-corrected chi connectivity index (χ4v) is 3.92. The van der Waals surface area contributed by atoms with Crippen LogP contribution in [0.1, 0.15) is 37.7 Å². The van der Waals surface area contributed by atoms with E-state index in [1.54, 1.807) is 13.3 Å². The predicted molar refractivity (Wildman–Crippen MR) is 139 cm³/mol. The summed E-state index contributed by atoms with van der Waals surface area (Å²) in [5.41, 5.74) is 3.81. The summed E-state index contributed by atoms with van der Waals surface area (Å²) >= 11 is 3.38. The maximum Gasteiger partial charge on any atom is 0.276 e. The topological polar surface area (TPSA) is 79.1 Å². The molecule has 0 spiro atoms. The van der Waals surface area contributed by atoms with Gasteiger partial charge in [0.05, 0.1) is 18.5 Å². The minimum absolute atomic E-state index is 0.171. The Labute approximate surface area is 213 Å². The van der Waals surface area contributed by atoms with Crippen molar-refractivity contribution in [1.82, 2.24) is 19.5 Å². The Morgan fingerprint density at radius 2 is 1.86 bits per heavy atom. The lowest BCUT2D eigenvalue weighted by atomic mass is 9.95. The van der Waals surface area contributed by atoms with Crippen molar-refractivity contribution in [2.24, 2.45) is 0 Å². The first-order valence-electron chi connectivity index (χ1n) is 11.1. The first kappa shape index (κ1) is 24.6. The van der Waals surface area contributed by atoms with E-state index in [4.69, 9.17) is 14.5 Å². The van der Waals surface area contributed by atoms with E-state index in [1.807, 2.05) is 55.5 Å². The normalized spacial score (nSPS) is 11.4. The maximum atomic E-state index is 13.2. The number of benzene rings is 2. The van der Waals surface area contributed by atoms with E-state index in [9.17, 15) is 4.79 Å². The Bertz CT molecular complexity index is 1430. The lowest BCUT2D eigenvalue weighted by molar-refractivity contribution is 0.289. The molecule has 0 radical (unpaired) electrons. The summed E-state index contributed by atoms with van der Waals surface area (Å²) < 4.78 is 12.8. The molecule has 0 aliphatic carbocycles. The minimum atomic E-state index is -0.265. The number of hydrogen-bond donors (Lipinski definition) is 0. The third kappa shape index (κ3) is 5.43. The smallest absolute Gasteiger partial charge is 0.276 e. The Kier molecular flexibility index (Phi) is 7.03. The summed E-state index contributed by atoms with van der Waals surface area (Å²) in [7, 11) is 1.61. The molecule has 0 aliphatic rings. The van der Waals surface area contributed by atoms with Gasteiger partial charge in [0.25, 0.3) is 5.56 Å². The van der Waals surface area contributed by atoms with Crippen molar-refractivity contribution < 1.29 is 9.47 Å². The van der Waals surface area contributed by atoms with Crippen molar-refractivity contribution in [1.29, 1.82) is 0 Å². The minimum Gasteiger partial charge on any atom is -0.497 e. The summed E-state index contributed by atoms with van der Waals surface area (Å²) in [5, 5.41) is 0. The van der Waals surface area contributed by atoms with Crippen LogP contribution in [-0.2, 0) is 12.0 Å². The van der Waals surface area contributed by atoms with Gasteiger partial charge >= 0.3 is 0 Å². The monoisotopic (exact) mass is 534 g/mol. The average Bonchev–Trinajstić information content (AvgIpc) is 2.85. The SMILES string of the molecule is COc1cccc(COc2ncn(-c3cc(-c4ccnc(C(C)(C)C)n4)ccc3C)c(=O)c2Br)c1. The van der Waals surface area contributed by atoms with Crippen LogP contribution >= 0.6 is 15.9 Å². The highest BCUT2D eigenvalue weighted by atomic mass is 79.9. The van der Waals surface area contributed by atoms with Crippen molar-refractivity contribution in [2.75, 3.05) is 7.11 Å². The van der Waals surface area contributed by atoms with Gasteiger partial charge in [0.15, 0.2) is 0 Å². The maximum absolute atomic E-state index is 13.2. The number of nitrogens with zero attached hydrogens (tertiary/aromatic N) is 4. The molecule has 0 saturated heterocycles. The average molecular weight is 535 g/mol. The van der Waals surface area contributed by atoms with E-state index < -0.39 is 0 Å². The van der Waals surface area contributed by atoms with Crippen molar-refractivity contribution in [3.05, 3.63) is 92.8 Å². The van der Waals surface area contributed by atoms with Crippen LogP contribution in [0, 0.1) is 6.92 Å². The third-order valence-electron chi connectivity index (χ3n) is 5.49. The molecule has 2 aromatic heterocycles. The second-order valence-electron chi connectivity index (χ2n) is 9.20. The molecule has 0 fully saturated rings. The van der Waals surface area contributed by atoms with Gasteiger partial charge in [0.1, 0.15) is 29.0 Å². The zero-order valence-corrected chi connectivity index (χ0v) is 22.0. The quantitative estimate of drug-likeness (QED) is 0.318. The molecule has 0 unspecified atom stereocenters. The zero-order valence-electron chi connectivity index (χ0n) is 20.4. The molecule has 7 nitrogen and oxygen atoms in total.